The van der Waals surface area contributed by atoms with E-state index < -0.39 is 0 Å². The maximum atomic E-state index is 5.60. The lowest BCUT2D eigenvalue weighted by atomic mass is 10.3. The molecular weight excluding hydrogens is 178 g/mol. The monoisotopic (exact) mass is 187 g/mol. The van der Waals surface area contributed by atoms with Crippen molar-refractivity contribution in [2.45, 2.75) is 6.92 Å². The molecule has 2 rings (SSSR count). The quantitative estimate of drug-likeness (QED) is 0.715. The molecular formula is C9H9N5. The minimum atomic E-state index is 0.443. The maximum absolute atomic E-state index is 5.60. The van der Waals surface area contributed by atoms with Crippen molar-refractivity contribution >= 4 is 5.82 Å². The number of hydrogen-bond donors (Lipinski definition) is 1. The van der Waals surface area contributed by atoms with E-state index in [1.807, 2.05) is 6.92 Å². The Bertz CT molecular complexity index is 420. The van der Waals surface area contributed by atoms with E-state index in [4.69, 9.17) is 5.73 Å². The van der Waals surface area contributed by atoms with E-state index in [-0.39, 0.29) is 0 Å². The Labute approximate surface area is 81.1 Å². The number of nitrogen functional groups attached to an aromatic ring is 1. The molecule has 5 heteroatoms. The summed E-state index contributed by atoms with van der Waals surface area (Å²) in [6.45, 7) is 1.86. The molecule has 0 amide bonds. The molecule has 0 radical (unpaired) electrons. The third-order valence-corrected chi connectivity index (χ3v) is 1.67. The first-order valence-corrected chi connectivity index (χ1v) is 4.13. The van der Waals surface area contributed by atoms with Gasteiger partial charge in [-0.15, -0.1) is 0 Å². The molecule has 0 spiro atoms. The maximum Gasteiger partial charge on any atom is 0.181 e. The van der Waals surface area contributed by atoms with Crippen LogP contribution in [0.1, 0.15) is 5.69 Å². The van der Waals surface area contributed by atoms with Gasteiger partial charge in [-0.2, -0.15) is 0 Å². The summed E-state index contributed by atoms with van der Waals surface area (Å²) in [5.74, 6) is 0.953. The van der Waals surface area contributed by atoms with E-state index in [1.165, 1.54) is 0 Å². The van der Waals surface area contributed by atoms with Crippen LogP contribution in [0, 0.1) is 6.92 Å². The molecule has 0 saturated heterocycles. The van der Waals surface area contributed by atoms with Gasteiger partial charge in [0.05, 0.1) is 6.20 Å². The molecule has 0 saturated carbocycles. The van der Waals surface area contributed by atoms with Crippen molar-refractivity contribution in [1.82, 2.24) is 19.9 Å². The van der Waals surface area contributed by atoms with E-state index in [0.717, 1.165) is 5.69 Å². The van der Waals surface area contributed by atoms with Crippen molar-refractivity contribution in [3.05, 3.63) is 30.4 Å². The first-order chi connectivity index (χ1) is 6.75. The van der Waals surface area contributed by atoms with Crippen LogP contribution in [0.3, 0.4) is 0 Å². The van der Waals surface area contributed by atoms with Gasteiger partial charge in [-0.05, 0) is 6.92 Å². The normalized spacial score (nSPS) is 10.1. The fourth-order valence-corrected chi connectivity index (χ4v) is 1.12. The highest BCUT2D eigenvalue weighted by molar-refractivity contribution is 5.50. The molecule has 0 aliphatic rings. The molecule has 2 heterocycles. The molecule has 2 aromatic rings. The fraction of sp³-hybridized carbons (Fsp3) is 0.111. The van der Waals surface area contributed by atoms with Crippen molar-refractivity contribution < 1.29 is 0 Å². The number of hydrogen-bond acceptors (Lipinski definition) is 5. The summed E-state index contributed by atoms with van der Waals surface area (Å²) in [5, 5.41) is 0. The molecule has 14 heavy (non-hydrogen) atoms. The predicted molar refractivity (Wildman–Crippen MR) is 52.2 cm³/mol. The topological polar surface area (TPSA) is 77.6 Å². The summed E-state index contributed by atoms with van der Waals surface area (Å²) in [6.07, 6.45) is 4.80. The lowest BCUT2D eigenvalue weighted by Gasteiger charge is -2.00. The molecule has 2 aromatic heterocycles. The van der Waals surface area contributed by atoms with Crippen LogP contribution in [-0.2, 0) is 0 Å². The predicted octanol–water partition coefficient (Wildman–Crippen LogP) is 0.824. The van der Waals surface area contributed by atoms with Gasteiger partial charge in [-0.25, -0.2) is 15.0 Å². The molecule has 0 atom stereocenters. The smallest absolute Gasteiger partial charge is 0.181 e. The second-order valence-corrected chi connectivity index (χ2v) is 2.85. The van der Waals surface area contributed by atoms with Gasteiger partial charge in [0.15, 0.2) is 5.82 Å². The number of nitrogens with zero attached hydrogens (tertiary/aromatic N) is 4. The minimum Gasteiger partial charge on any atom is -0.384 e. The van der Waals surface area contributed by atoms with Crippen molar-refractivity contribution in [2.75, 3.05) is 5.73 Å². The van der Waals surface area contributed by atoms with Crippen molar-refractivity contribution in [2.24, 2.45) is 0 Å². The van der Waals surface area contributed by atoms with E-state index in [0.29, 0.717) is 17.3 Å². The summed E-state index contributed by atoms with van der Waals surface area (Å²) in [7, 11) is 0. The van der Waals surface area contributed by atoms with Crippen molar-refractivity contribution in [3.63, 3.8) is 0 Å². The molecule has 0 fully saturated rings. The number of aromatic nitrogens is 4. The van der Waals surface area contributed by atoms with E-state index in [2.05, 4.69) is 19.9 Å². The Morgan fingerprint density at radius 3 is 2.71 bits per heavy atom. The Morgan fingerprint density at radius 1 is 1.21 bits per heavy atom. The van der Waals surface area contributed by atoms with Crippen molar-refractivity contribution in [3.8, 4) is 11.5 Å². The third kappa shape index (κ3) is 1.66. The molecule has 2 N–H and O–H groups in total. The van der Waals surface area contributed by atoms with Crippen LogP contribution in [-0.4, -0.2) is 19.9 Å². The van der Waals surface area contributed by atoms with Crippen LogP contribution < -0.4 is 5.73 Å². The third-order valence-electron chi connectivity index (χ3n) is 1.67. The largest absolute Gasteiger partial charge is 0.384 e. The van der Waals surface area contributed by atoms with E-state index in [9.17, 15) is 0 Å². The van der Waals surface area contributed by atoms with Crippen LogP contribution in [0.2, 0.25) is 0 Å². The first-order valence-electron chi connectivity index (χ1n) is 4.13. The fourth-order valence-electron chi connectivity index (χ4n) is 1.12. The number of anilines is 1. The SMILES string of the molecule is Cc1cc(N)nc(-c2cnccn2)n1. The second kappa shape index (κ2) is 3.37. The second-order valence-electron chi connectivity index (χ2n) is 2.85. The Balaban J connectivity index is 2.52. The average Bonchev–Trinajstić information content (AvgIpc) is 2.18. The lowest BCUT2D eigenvalue weighted by molar-refractivity contribution is 1.08. The number of rotatable bonds is 1. The number of nitrogens with two attached hydrogens (primary N) is 1. The highest BCUT2D eigenvalue weighted by atomic mass is 15.0. The molecule has 0 aromatic carbocycles. The van der Waals surface area contributed by atoms with Gasteiger partial charge in [-0.1, -0.05) is 0 Å². The zero-order valence-electron chi connectivity index (χ0n) is 7.68. The summed E-state index contributed by atoms with van der Waals surface area (Å²) in [4.78, 5) is 16.3. The molecule has 5 nitrogen and oxygen atoms in total. The Hall–Kier alpha value is -2.04. The van der Waals surface area contributed by atoms with Gasteiger partial charge in [0, 0.05) is 24.2 Å². The average molecular weight is 187 g/mol. The van der Waals surface area contributed by atoms with Gasteiger partial charge in [-0.3, -0.25) is 4.98 Å². The highest BCUT2D eigenvalue weighted by Crippen LogP contribution is 2.11. The van der Waals surface area contributed by atoms with Crippen LogP contribution in [0.4, 0.5) is 5.82 Å². The summed E-state index contributed by atoms with van der Waals surface area (Å²) in [6, 6.07) is 1.71. The van der Waals surface area contributed by atoms with E-state index >= 15 is 0 Å². The van der Waals surface area contributed by atoms with Crippen LogP contribution >= 0.6 is 0 Å². The molecule has 70 valence electrons. The summed E-state index contributed by atoms with van der Waals surface area (Å²) < 4.78 is 0. The molecule has 0 unspecified atom stereocenters. The molecule has 0 bridgehead atoms. The van der Waals surface area contributed by atoms with Gasteiger partial charge in [0.2, 0.25) is 0 Å². The van der Waals surface area contributed by atoms with Crippen LogP contribution in [0.25, 0.3) is 11.5 Å². The van der Waals surface area contributed by atoms with Gasteiger partial charge in [0.1, 0.15) is 11.5 Å². The van der Waals surface area contributed by atoms with Crippen LogP contribution in [0.15, 0.2) is 24.7 Å². The summed E-state index contributed by atoms with van der Waals surface area (Å²) in [5.41, 5.74) is 7.04. The molecule has 0 aliphatic carbocycles. The standard InChI is InChI=1S/C9H9N5/c1-6-4-8(10)14-9(13-6)7-5-11-2-3-12-7/h2-5H,1H3,(H2,10,13,14). The zero-order valence-corrected chi connectivity index (χ0v) is 7.68. The number of aryl methyl sites for hydroxylation is 1. The van der Waals surface area contributed by atoms with E-state index in [1.54, 1.807) is 24.7 Å². The molecule has 0 aliphatic heterocycles. The lowest BCUT2D eigenvalue weighted by Crippen LogP contribution is -1.98. The first kappa shape index (κ1) is 8.55. The van der Waals surface area contributed by atoms with Crippen LogP contribution in [0.5, 0.6) is 0 Å². The van der Waals surface area contributed by atoms with Gasteiger partial charge >= 0.3 is 0 Å². The highest BCUT2D eigenvalue weighted by Gasteiger charge is 2.03. The van der Waals surface area contributed by atoms with Gasteiger partial charge < -0.3 is 5.73 Å². The Morgan fingerprint density at radius 2 is 2.07 bits per heavy atom. The minimum absolute atomic E-state index is 0.443. The van der Waals surface area contributed by atoms with Gasteiger partial charge in [0.25, 0.3) is 0 Å². The van der Waals surface area contributed by atoms with Crippen molar-refractivity contribution in [1.29, 1.82) is 0 Å². The Kier molecular flexibility index (Phi) is 2.06. The summed E-state index contributed by atoms with van der Waals surface area (Å²) >= 11 is 0. The zero-order chi connectivity index (χ0) is 9.97.